The lowest BCUT2D eigenvalue weighted by Gasteiger charge is -2.34. The van der Waals surface area contributed by atoms with Gasteiger partial charge in [0.2, 0.25) is 5.91 Å². The summed E-state index contributed by atoms with van der Waals surface area (Å²) in [4.78, 5) is 31.0. The number of aryl methyl sites for hydroxylation is 2. The van der Waals surface area contributed by atoms with Crippen molar-refractivity contribution in [3.05, 3.63) is 41.6 Å². The van der Waals surface area contributed by atoms with E-state index in [2.05, 4.69) is 16.8 Å². The fourth-order valence-corrected chi connectivity index (χ4v) is 4.27. The number of pyridine rings is 1. The number of rotatable bonds is 5. The van der Waals surface area contributed by atoms with E-state index in [0.717, 1.165) is 60.8 Å². The molecule has 0 aromatic carbocycles. The molecule has 160 valence electrons. The van der Waals surface area contributed by atoms with Gasteiger partial charge in [0.15, 0.2) is 0 Å². The average molecular weight is 410 g/mol. The lowest BCUT2D eigenvalue weighted by Crippen LogP contribution is -2.47. The number of nitrogens with zero attached hydrogens (tertiary/aromatic N) is 5. The molecule has 0 aliphatic carbocycles. The summed E-state index contributed by atoms with van der Waals surface area (Å²) in [5, 5.41) is 0. The number of hydrogen-bond acceptors (Lipinski definition) is 6. The number of morpholine rings is 1. The smallest absolute Gasteiger partial charge is 0.236 e. The Morgan fingerprint density at radius 2 is 1.90 bits per heavy atom. The number of carbonyl (C=O) groups excluding carboxylic acids is 1. The van der Waals surface area contributed by atoms with Crippen molar-refractivity contribution >= 4 is 5.91 Å². The first kappa shape index (κ1) is 20.9. The molecule has 2 fully saturated rings. The van der Waals surface area contributed by atoms with Gasteiger partial charge in [-0.2, -0.15) is 0 Å². The van der Waals surface area contributed by atoms with Gasteiger partial charge in [-0.25, -0.2) is 9.97 Å². The van der Waals surface area contributed by atoms with Gasteiger partial charge in [0, 0.05) is 42.9 Å². The van der Waals surface area contributed by atoms with E-state index in [1.165, 1.54) is 0 Å². The molecule has 0 saturated carbocycles. The standard InChI is InChI=1S/C23H31N5O2/c1-3-21-24-15-19(20-6-4-5-17(2)25-20)23(26-21)18-7-9-27(10-8-18)16-22(29)28-11-13-30-14-12-28/h4-6,15,18H,3,7-14,16H2,1-2H3. The second-order valence-corrected chi connectivity index (χ2v) is 8.15. The van der Waals surface area contributed by atoms with Crippen molar-refractivity contribution in [1.29, 1.82) is 0 Å². The van der Waals surface area contributed by atoms with Crippen molar-refractivity contribution < 1.29 is 9.53 Å². The molecule has 4 heterocycles. The van der Waals surface area contributed by atoms with Crippen molar-refractivity contribution in [2.45, 2.75) is 39.0 Å². The monoisotopic (exact) mass is 409 g/mol. The minimum absolute atomic E-state index is 0.219. The number of hydrogen-bond donors (Lipinski definition) is 0. The number of carbonyl (C=O) groups is 1. The first-order valence-electron chi connectivity index (χ1n) is 11.0. The lowest BCUT2D eigenvalue weighted by atomic mass is 9.89. The van der Waals surface area contributed by atoms with Crippen LogP contribution in [0.4, 0.5) is 0 Å². The zero-order valence-corrected chi connectivity index (χ0v) is 18.0. The normalized spacial score (nSPS) is 18.5. The van der Waals surface area contributed by atoms with Crippen LogP contribution in [0, 0.1) is 6.92 Å². The van der Waals surface area contributed by atoms with Gasteiger partial charge in [-0.05, 0) is 45.0 Å². The maximum Gasteiger partial charge on any atom is 0.236 e. The first-order chi connectivity index (χ1) is 14.6. The summed E-state index contributed by atoms with van der Waals surface area (Å²) in [5.74, 6) is 1.47. The van der Waals surface area contributed by atoms with Crippen molar-refractivity contribution in [2.75, 3.05) is 45.9 Å². The molecule has 0 N–H and O–H groups in total. The summed E-state index contributed by atoms with van der Waals surface area (Å²) in [6, 6.07) is 6.08. The fraction of sp³-hybridized carbons (Fsp3) is 0.565. The van der Waals surface area contributed by atoms with Gasteiger partial charge in [0.05, 0.1) is 31.1 Å². The maximum absolute atomic E-state index is 12.6. The van der Waals surface area contributed by atoms with Gasteiger partial charge in [-0.3, -0.25) is 14.7 Å². The first-order valence-corrected chi connectivity index (χ1v) is 11.0. The van der Waals surface area contributed by atoms with Crippen LogP contribution in [0.15, 0.2) is 24.4 Å². The Balaban J connectivity index is 1.45. The highest BCUT2D eigenvalue weighted by Gasteiger charge is 2.27. The summed E-state index contributed by atoms with van der Waals surface area (Å²) in [6.45, 7) is 9.14. The van der Waals surface area contributed by atoms with Crippen LogP contribution in [-0.4, -0.2) is 76.6 Å². The average Bonchev–Trinajstić information content (AvgIpc) is 2.80. The molecule has 2 aromatic rings. The number of piperidine rings is 1. The van der Waals surface area contributed by atoms with Crippen LogP contribution in [0.3, 0.4) is 0 Å². The maximum atomic E-state index is 12.6. The summed E-state index contributed by atoms with van der Waals surface area (Å²) < 4.78 is 5.35. The van der Waals surface area contributed by atoms with Gasteiger partial charge in [0.1, 0.15) is 5.82 Å². The molecular formula is C23H31N5O2. The Hall–Kier alpha value is -2.38. The van der Waals surface area contributed by atoms with Crippen molar-refractivity contribution in [3.8, 4) is 11.3 Å². The van der Waals surface area contributed by atoms with E-state index in [1.54, 1.807) is 0 Å². The van der Waals surface area contributed by atoms with Gasteiger partial charge < -0.3 is 9.64 Å². The van der Waals surface area contributed by atoms with Crippen LogP contribution in [-0.2, 0) is 16.0 Å². The van der Waals surface area contributed by atoms with Crippen LogP contribution < -0.4 is 0 Å². The van der Waals surface area contributed by atoms with Crippen LogP contribution in [0.1, 0.15) is 42.9 Å². The van der Waals surface area contributed by atoms with Crippen LogP contribution in [0.25, 0.3) is 11.3 Å². The van der Waals surface area contributed by atoms with Crippen molar-refractivity contribution in [3.63, 3.8) is 0 Å². The molecule has 2 aromatic heterocycles. The topological polar surface area (TPSA) is 71.5 Å². The Labute approximate surface area is 178 Å². The molecule has 0 radical (unpaired) electrons. The number of aromatic nitrogens is 3. The second kappa shape index (κ2) is 9.62. The van der Waals surface area contributed by atoms with Gasteiger partial charge >= 0.3 is 0 Å². The molecule has 0 spiro atoms. The Morgan fingerprint density at radius 1 is 1.13 bits per heavy atom. The predicted octanol–water partition coefficient (Wildman–Crippen LogP) is 2.45. The van der Waals surface area contributed by atoms with Crippen LogP contribution in [0.5, 0.6) is 0 Å². The molecule has 0 bridgehead atoms. The van der Waals surface area contributed by atoms with Crippen LogP contribution >= 0.6 is 0 Å². The van der Waals surface area contributed by atoms with Crippen LogP contribution in [0.2, 0.25) is 0 Å². The minimum atomic E-state index is 0.219. The quantitative estimate of drug-likeness (QED) is 0.755. The fourth-order valence-electron chi connectivity index (χ4n) is 4.27. The summed E-state index contributed by atoms with van der Waals surface area (Å²) in [7, 11) is 0. The van der Waals surface area contributed by atoms with E-state index in [9.17, 15) is 4.79 Å². The Bertz CT molecular complexity index is 874. The SMILES string of the molecule is CCc1ncc(-c2cccc(C)n2)c(C2CCN(CC(=O)N3CCOCC3)CC2)n1. The van der Waals surface area contributed by atoms with Gasteiger partial charge in [0.25, 0.3) is 0 Å². The number of likely N-dealkylation sites (tertiary alicyclic amines) is 1. The largest absolute Gasteiger partial charge is 0.378 e. The predicted molar refractivity (Wildman–Crippen MR) is 115 cm³/mol. The molecule has 2 aliphatic heterocycles. The van der Waals surface area contributed by atoms with E-state index in [1.807, 2.05) is 36.2 Å². The van der Waals surface area contributed by atoms with Crippen molar-refractivity contribution in [2.24, 2.45) is 0 Å². The third kappa shape index (κ3) is 4.84. The summed E-state index contributed by atoms with van der Waals surface area (Å²) >= 11 is 0. The molecule has 7 nitrogen and oxygen atoms in total. The summed E-state index contributed by atoms with van der Waals surface area (Å²) in [6.07, 6.45) is 4.75. The van der Waals surface area contributed by atoms with E-state index in [-0.39, 0.29) is 5.91 Å². The molecule has 2 aliphatic rings. The zero-order valence-electron chi connectivity index (χ0n) is 18.0. The molecule has 0 unspecified atom stereocenters. The van der Waals surface area contributed by atoms with E-state index >= 15 is 0 Å². The lowest BCUT2D eigenvalue weighted by molar-refractivity contribution is -0.136. The minimum Gasteiger partial charge on any atom is -0.378 e. The van der Waals surface area contributed by atoms with Crippen molar-refractivity contribution in [1.82, 2.24) is 24.8 Å². The molecule has 0 atom stereocenters. The van der Waals surface area contributed by atoms with E-state index < -0.39 is 0 Å². The molecule has 2 saturated heterocycles. The third-order valence-corrected chi connectivity index (χ3v) is 6.05. The zero-order chi connectivity index (χ0) is 20.9. The molecule has 4 rings (SSSR count). The Kier molecular flexibility index (Phi) is 6.69. The van der Waals surface area contributed by atoms with Gasteiger partial charge in [-0.1, -0.05) is 13.0 Å². The van der Waals surface area contributed by atoms with E-state index in [4.69, 9.17) is 14.7 Å². The highest BCUT2D eigenvalue weighted by molar-refractivity contribution is 5.78. The van der Waals surface area contributed by atoms with Gasteiger partial charge in [-0.15, -0.1) is 0 Å². The molecule has 7 heteroatoms. The summed E-state index contributed by atoms with van der Waals surface area (Å²) in [5.41, 5.74) is 4.09. The second-order valence-electron chi connectivity index (χ2n) is 8.15. The number of amides is 1. The molecular weight excluding hydrogens is 378 g/mol. The third-order valence-electron chi connectivity index (χ3n) is 6.05. The highest BCUT2D eigenvalue weighted by Crippen LogP contribution is 2.33. The molecule has 1 amide bonds. The number of ether oxygens (including phenoxy) is 1. The highest BCUT2D eigenvalue weighted by atomic mass is 16.5. The Morgan fingerprint density at radius 3 is 2.60 bits per heavy atom. The molecule has 30 heavy (non-hydrogen) atoms. The van der Waals surface area contributed by atoms with E-state index in [0.29, 0.717) is 38.8 Å².